The third kappa shape index (κ3) is 3.90. The molecule has 21 heavy (non-hydrogen) atoms. The topological polar surface area (TPSA) is 72.2 Å². The lowest BCUT2D eigenvalue weighted by Crippen LogP contribution is -2.30. The maximum atomic E-state index is 12.4. The van der Waals surface area contributed by atoms with Gasteiger partial charge < -0.3 is 5.73 Å². The van der Waals surface area contributed by atoms with Gasteiger partial charge in [-0.3, -0.25) is 0 Å². The number of sulfonamides is 1. The van der Waals surface area contributed by atoms with Crippen molar-refractivity contribution >= 4 is 33.2 Å². The van der Waals surface area contributed by atoms with Crippen molar-refractivity contribution in [2.75, 3.05) is 6.54 Å². The fourth-order valence-corrected chi connectivity index (χ4v) is 4.51. The molecule has 0 bridgehead atoms. The Morgan fingerprint density at radius 2 is 1.95 bits per heavy atom. The Hall–Kier alpha value is -0.330. The standard InChI is InChI=1S/C14H20Cl2N2O2S/c1-2-3-14(4-5-14)9-18-21(19,20)13-6-10(8-17)11(15)7-12(13)16/h6-7,18H,2-5,8-9,17H2,1H3. The highest BCUT2D eigenvalue weighted by Crippen LogP contribution is 2.49. The van der Waals surface area contributed by atoms with E-state index in [1.807, 2.05) is 0 Å². The van der Waals surface area contributed by atoms with Crippen molar-refractivity contribution in [3.63, 3.8) is 0 Å². The maximum absolute atomic E-state index is 12.4. The van der Waals surface area contributed by atoms with Crippen molar-refractivity contribution < 1.29 is 8.42 Å². The highest BCUT2D eigenvalue weighted by atomic mass is 35.5. The van der Waals surface area contributed by atoms with Crippen LogP contribution in [0.15, 0.2) is 17.0 Å². The van der Waals surface area contributed by atoms with Crippen LogP contribution in [-0.2, 0) is 16.6 Å². The van der Waals surface area contributed by atoms with Gasteiger partial charge in [0.1, 0.15) is 4.90 Å². The Labute approximate surface area is 136 Å². The van der Waals surface area contributed by atoms with Crippen LogP contribution in [0.5, 0.6) is 0 Å². The van der Waals surface area contributed by atoms with Gasteiger partial charge in [-0.1, -0.05) is 36.5 Å². The van der Waals surface area contributed by atoms with Crippen LogP contribution in [0.1, 0.15) is 38.2 Å². The summed E-state index contributed by atoms with van der Waals surface area (Å²) < 4.78 is 27.5. The van der Waals surface area contributed by atoms with Gasteiger partial charge in [0.15, 0.2) is 0 Å². The summed E-state index contributed by atoms with van der Waals surface area (Å²) in [6.07, 6.45) is 4.25. The van der Waals surface area contributed by atoms with E-state index < -0.39 is 10.0 Å². The van der Waals surface area contributed by atoms with E-state index in [0.29, 0.717) is 17.1 Å². The van der Waals surface area contributed by atoms with Gasteiger partial charge in [0.05, 0.1) is 5.02 Å². The Morgan fingerprint density at radius 1 is 1.29 bits per heavy atom. The molecule has 0 saturated heterocycles. The summed E-state index contributed by atoms with van der Waals surface area (Å²) in [7, 11) is -3.65. The van der Waals surface area contributed by atoms with Crippen LogP contribution < -0.4 is 10.5 Å². The number of rotatable bonds is 7. The molecule has 0 spiro atoms. The minimum absolute atomic E-state index is 0.0429. The molecule has 118 valence electrons. The van der Waals surface area contributed by atoms with Gasteiger partial charge in [0, 0.05) is 18.1 Å². The monoisotopic (exact) mass is 350 g/mol. The molecule has 0 aromatic heterocycles. The molecule has 1 saturated carbocycles. The molecule has 3 N–H and O–H groups in total. The van der Waals surface area contributed by atoms with Crippen molar-refractivity contribution in [2.24, 2.45) is 11.1 Å². The number of nitrogens with two attached hydrogens (primary N) is 1. The fourth-order valence-electron chi connectivity index (χ4n) is 2.48. The molecule has 1 aromatic rings. The molecule has 0 radical (unpaired) electrons. The van der Waals surface area contributed by atoms with Crippen LogP contribution in [0.2, 0.25) is 10.0 Å². The zero-order valence-corrected chi connectivity index (χ0v) is 14.3. The van der Waals surface area contributed by atoms with Gasteiger partial charge in [-0.05, 0) is 42.4 Å². The average molecular weight is 351 g/mol. The number of hydrogen-bond donors (Lipinski definition) is 2. The van der Waals surface area contributed by atoms with Crippen molar-refractivity contribution in [3.8, 4) is 0 Å². The summed E-state index contributed by atoms with van der Waals surface area (Å²) >= 11 is 12.0. The predicted octanol–water partition coefficient (Wildman–Crippen LogP) is 3.31. The molecule has 0 aliphatic heterocycles. The van der Waals surface area contributed by atoms with Crippen LogP contribution in [0, 0.1) is 5.41 Å². The summed E-state index contributed by atoms with van der Waals surface area (Å²) in [4.78, 5) is 0.0429. The normalized spacial score (nSPS) is 17.0. The van der Waals surface area contributed by atoms with Crippen LogP contribution in [0.4, 0.5) is 0 Å². The van der Waals surface area contributed by atoms with Crippen LogP contribution in [-0.4, -0.2) is 15.0 Å². The summed E-state index contributed by atoms with van der Waals surface area (Å²) in [5.41, 5.74) is 6.27. The highest BCUT2D eigenvalue weighted by molar-refractivity contribution is 7.89. The SMILES string of the molecule is CCCC1(CNS(=O)(=O)c2cc(CN)c(Cl)cc2Cl)CC1. The van der Waals surface area contributed by atoms with Gasteiger partial charge in [-0.2, -0.15) is 0 Å². The first-order valence-electron chi connectivity index (χ1n) is 7.01. The molecular weight excluding hydrogens is 331 g/mol. The Balaban J connectivity index is 2.20. The van der Waals surface area contributed by atoms with E-state index in [-0.39, 0.29) is 21.9 Å². The summed E-state index contributed by atoms with van der Waals surface area (Å²) in [6, 6.07) is 2.88. The predicted molar refractivity (Wildman–Crippen MR) is 86.1 cm³/mol. The third-order valence-electron chi connectivity index (χ3n) is 3.98. The molecule has 1 aliphatic carbocycles. The molecule has 1 fully saturated rings. The molecule has 0 atom stereocenters. The number of hydrogen-bond acceptors (Lipinski definition) is 3. The van der Waals surface area contributed by atoms with E-state index >= 15 is 0 Å². The van der Waals surface area contributed by atoms with Gasteiger partial charge in [-0.25, -0.2) is 13.1 Å². The maximum Gasteiger partial charge on any atom is 0.242 e. The second-order valence-electron chi connectivity index (χ2n) is 5.65. The summed E-state index contributed by atoms with van der Waals surface area (Å²) in [5.74, 6) is 0. The minimum atomic E-state index is -3.65. The largest absolute Gasteiger partial charge is 0.326 e. The van der Waals surface area contributed by atoms with Crippen LogP contribution in [0.3, 0.4) is 0 Å². The zero-order chi connectivity index (χ0) is 15.7. The van der Waals surface area contributed by atoms with Crippen molar-refractivity contribution in [1.29, 1.82) is 0 Å². The van der Waals surface area contributed by atoms with Gasteiger partial charge in [0.2, 0.25) is 10.0 Å². The fraction of sp³-hybridized carbons (Fsp3) is 0.571. The quantitative estimate of drug-likeness (QED) is 0.792. The Bertz CT molecular complexity index is 628. The molecule has 7 heteroatoms. The minimum Gasteiger partial charge on any atom is -0.326 e. The first-order valence-corrected chi connectivity index (χ1v) is 9.25. The lowest BCUT2D eigenvalue weighted by atomic mass is 10.0. The lowest BCUT2D eigenvalue weighted by molar-refractivity contribution is 0.449. The molecule has 1 aliphatic rings. The smallest absolute Gasteiger partial charge is 0.242 e. The second-order valence-corrected chi connectivity index (χ2v) is 8.20. The van der Waals surface area contributed by atoms with Gasteiger partial charge in [-0.15, -0.1) is 0 Å². The van der Waals surface area contributed by atoms with Crippen molar-refractivity contribution in [1.82, 2.24) is 4.72 Å². The first kappa shape index (κ1) is 17.0. The van der Waals surface area contributed by atoms with Gasteiger partial charge in [0.25, 0.3) is 0 Å². The molecule has 1 aromatic carbocycles. The molecule has 4 nitrogen and oxygen atoms in total. The van der Waals surface area contributed by atoms with E-state index in [4.69, 9.17) is 28.9 Å². The molecule has 0 heterocycles. The molecule has 2 rings (SSSR count). The highest BCUT2D eigenvalue weighted by Gasteiger charge is 2.42. The van der Waals surface area contributed by atoms with E-state index in [1.54, 1.807) is 0 Å². The summed E-state index contributed by atoms with van der Waals surface area (Å²) in [6.45, 7) is 2.73. The van der Waals surface area contributed by atoms with Crippen LogP contribution in [0.25, 0.3) is 0 Å². The molecule has 0 amide bonds. The van der Waals surface area contributed by atoms with Crippen molar-refractivity contribution in [3.05, 3.63) is 27.7 Å². The number of nitrogens with one attached hydrogen (secondary N) is 1. The van der Waals surface area contributed by atoms with E-state index in [2.05, 4.69) is 11.6 Å². The lowest BCUT2D eigenvalue weighted by Gasteiger charge is -2.16. The van der Waals surface area contributed by atoms with E-state index in [0.717, 1.165) is 25.7 Å². The summed E-state index contributed by atoms with van der Waals surface area (Å²) in [5, 5.41) is 0.496. The van der Waals surface area contributed by atoms with Crippen molar-refractivity contribution in [2.45, 2.75) is 44.0 Å². The Morgan fingerprint density at radius 3 is 2.48 bits per heavy atom. The van der Waals surface area contributed by atoms with Gasteiger partial charge >= 0.3 is 0 Å². The molecular formula is C14H20Cl2N2O2S. The zero-order valence-electron chi connectivity index (χ0n) is 12.0. The number of halogens is 2. The second kappa shape index (κ2) is 6.42. The third-order valence-corrected chi connectivity index (χ3v) is 6.20. The average Bonchev–Trinajstić information content (AvgIpc) is 3.17. The van der Waals surface area contributed by atoms with Crippen LogP contribution >= 0.6 is 23.2 Å². The Kier molecular flexibility index (Phi) is 5.21. The van der Waals surface area contributed by atoms with E-state index in [1.165, 1.54) is 12.1 Å². The first-order chi connectivity index (χ1) is 9.83. The van der Waals surface area contributed by atoms with E-state index in [9.17, 15) is 8.42 Å². The molecule has 0 unspecified atom stereocenters. The number of benzene rings is 1.